The fourth-order valence-corrected chi connectivity index (χ4v) is 6.37. The molecule has 0 radical (unpaired) electrons. The SMILES string of the molecule is C[C@H]1CC2CN(C(=O)CC[S+]([O-])Cc3ccccc3Br)CC1N2c1ccc(C#N)cn1. The summed E-state index contributed by atoms with van der Waals surface area (Å²) in [7, 11) is 0. The topological polar surface area (TPSA) is 83.3 Å². The molecular formula is C23H25BrN4O2S. The molecule has 3 unspecified atom stereocenters. The van der Waals surface area contributed by atoms with Gasteiger partial charge in [-0.15, -0.1) is 0 Å². The number of fused-ring (bicyclic) bond motifs is 2. The molecule has 2 aromatic rings. The number of carbonyl (C=O) groups is 1. The maximum atomic E-state index is 12.9. The van der Waals surface area contributed by atoms with E-state index in [1.54, 1.807) is 12.3 Å². The highest BCUT2D eigenvalue weighted by molar-refractivity contribution is 9.10. The number of carbonyl (C=O) groups excluding carboxylic acids is 1. The van der Waals surface area contributed by atoms with Gasteiger partial charge in [-0.25, -0.2) is 4.98 Å². The fraction of sp³-hybridized carbons (Fsp3) is 0.435. The minimum Gasteiger partial charge on any atom is -0.616 e. The lowest BCUT2D eigenvalue weighted by Gasteiger charge is -2.42. The molecule has 31 heavy (non-hydrogen) atoms. The van der Waals surface area contributed by atoms with Crippen LogP contribution in [0.15, 0.2) is 47.1 Å². The lowest BCUT2D eigenvalue weighted by atomic mass is 10.0. The highest BCUT2D eigenvalue weighted by Crippen LogP contribution is 2.37. The summed E-state index contributed by atoms with van der Waals surface area (Å²) in [5, 5.41) is 9.01. The first-order valence-electron chi connectivity index (χ1n) is 10.5. The quantitative estimate of drug-likeness (QED) is 0.566. The van der Waals surface area contributed by atoms with Gasteiger partial charge in [0.25, 0.3) is 0 Å². The number of aromatic nitrogens is 1. The van der Waals surface area contributed by atoms with E-state index in [-0.39, 0.29) is 18.0 Å². The van der Waals surface area contributed by atoms with Crippen molar-refractivity contribution < 1.29 is 9.35 Å². The lowest BCUT2D eigenvalue weighted by Crippen LogP contribution is -2.56. The highest BCUT2D eigenvalue weighted by Gasteiger charge is 2.45. The van der Waals surface area contributed by atoms with E-state index in [1.807, 2.05) is 35.2 Å². The average Bonchev–Trinajstić information content (AvgIpc) is 2.97. The highest BCUT2D eigenvalue weighted by atomic mass is 79.9. The number of hydrogen-bond acceptors (Lipinski definition) is 5. The van der Waals surface area contributed by atoms with Crippen molar-refractivity contribution in [1.82, 2.24) is 9.88 Å². The Balaban J connectivity index is 1.34. The number of benzene rings is 1. The van der Waals surface area contributed by atoms with E-state index in [9.17, 15) is 9.35 Å². The number of pyridine rings is 1. The smallest absolute Gasteiger partial charge is 0.227 e. The van der Waals surface area contributed by atoms with Crippen LogP contribution in [0.4, 0.5) is 5.82 Å². The van der Waals surface area contributed by atoms with Crippen molar-refractivity contribution >= 4 is 38.8 Å². The number of anilines is 1. The van der Waals surface area contributed by atoms with Gasteiger partial charge in [0.2, 0.25) is 5.91 Å². The zero-order valence-electron chi connectivity index (χ0n) is 17.4. The molecule has 2 fully saturated rings. The molecule has 8 heteroatoms. The number of amides is 1. The van der Waals surface area contributed by atoms with Gasteiger partial charge in [-0.2, -0.15) is 5.26 Å². The number of piperazine rings is 1. The summed E-state index contributed by atoms with van der Waals surface area (Å²) >= 11 is 2.41. The van der Waals surface area contributed by atoms with E-state index >= 15 is 0 Å². The molecule has 2 bridgehead atoms. The summed E-state index contributed by atoms with van der Waals surface area (Å²) in [6.07, 6.45) is 2.93. The number of hydrogen-bond donors (Lipinski definition) is 0. The largest absolute Gasteiger partial charge is 0.616 e. The lowest BCUT2D eigenvalue weighted by molar-refractivity contribution is -0.131. The van der Waals surface area contributed by atoms with E-state index in [0.29, 0.717) is 42.5 Å². The molecule has 3 heterocycles. The van der Waals surface area contributed by atoms with Gasteiger partial charge in [0, 0.05) is 35.4 Å². The molecule has 1 amide bonds. The van der Waals surface area contributed by atoms with Crippen molar-refractivity contribution in [2.75, 3.05) is 23.7 Å². The summed E-state index contributed by atoms with van der Waals surface area (Å²) in [6.45, 7) is 3.55. The van der Waals surface area contributed by atoms with Crippen LogP contribution in [-0.4, -0.2) is 51.3 Å². The van der Waals surface area contributed by atoms with Crippen molar-refractivity contribution in [3.63, 3.8) is 0 Å². The van der Waals surface area contributed by atoms with Gasteiger partial charge in [0.15, 0.2) is 0 Å². The predicted molar refractivity (Wildman–Crippen MR) is 125 cm³/mol. The third-order valence-corrected chi connectivity index (χ3v) is 8.27. The maximum absolute atomic E-state index is 12.9. The van der Waals surface area contributed by atoms with E-state index < -0.39 is 11.2 Å². The Morgan fingerprint density at radius 2 is 2.13 bits per heavy atom. The number of nitrogens with zero attached hydrogens (tertiary/aromatic N) is 4. The third-order valence-electron chi connectivity index (χ3n) is 6.20. The van der Waals surface area contributed by atoms with E-state index in [0.717, 1.165) is 22.3 Å². The van der Waals surface area contributed by atoms with Gasteiger partial charge in [0.05, 0.1) is 18.0 Å². The Morgan fingerprint density at radius 1 is 1.32 bits per heavy atom. The summed E-state index contributed by atoms with van der Waals surface area (Å²) in [4.78, 5) is 21.6. The zero-order chi connectivity index (χ0) is 22.0. The second kappa shape index (κ2) is 9.60. The Hall–Kier alpha value is -2.08. The van der Waals surface area contributed by atoms with E-state index in [2.05, 4.69) is 38.8 Å². The fourth-order valence-electron chi connectivity index (χ4n) is 4.62. The molecular weight excluding hydrogens is 476 g/mol. The minimum atomic E-state index is -1.08. The Morgan fingerprint density at radius 3 is 2.81 bits per heavy atom. The van der Waals surface area contributed by atoms with Gasteiger partial charge < -0.3 is 14.4 Å². The van der Waals surface area contributed by atoms with Gasteiger partial charge in [0.1, 0.15) is 23.4 Å². The molecule has 2 aliphatic heterocycles. The van der Waals surface area contributed by atoms with Crippen LogP contribution in [0, 0.1) is 17.2 Å². The van der Waals surface area contributed by atoms with Crippen LogP contribution in [0.5, 0.6) is 0 Å². The van der Waals surface area contributed by atoms with Gasteiger partial charge in [-0.05, 0) is 41.7 Å². The van der Waals surface area contributed by atoms with Crippen molar-refractivity contribution in [2.45, 2.75) is 37.6 Å². The molecule has 0 aliphatic carbocycles. The maximum Gasteiger partial charge on any atom is 0.227 e. The average molecular weight is 501 g/mol. The van der Waals surface area contributed by atoms with Crippen LogP contribution in [0.1, 0.15) is 30.9 Å². The molecule has 4 rings (SSSR count). The van der Waals surface area contributed by atoms with Gasteiger partial charge in [-0.1, -0.05) is 41.1 Å². The first-order chi connectivity index (χ1) is 15.0. The van der Waals surface area contributed by atoms with Crippen molar-refractivity contribution in [3.8, 4) is 6.07 Å². The zero-order valence-corrected chi connectivity index (χ0v) is 19.8. The van der Waals surface area contributed by atoms with Crippen molar-refractivity contribution in [1.29, 1.82) is 5.26 Å². The van der Waals surface area contributed by atoms with Crippen LogP contribution < -0.4 is 4.90 Å². The molecule has 2 aliphatic rings. The van der Waals surface area contributed by atoms with E-state index in [1.165, 1.54) is 0 Å². The Labute approximate surface area is 194 Å². The predicted octanol–water partition coefficient (Wildman–Crippen LogP) is 3.48. The summed E-state index contributed by atoms with van der Waals surface area (Å²) < 4.78 is 13.5. The normalized spacial score (nSPS) is 23.5. The standard InChI is InChI=1S/C23H25BrN4O2S/c1-16-10-19-13-27(14-21(16)28(19)22-7-6-17(11-25)12-26-22)23(29)8-9-31(30)15-18-4-2-3-5-20(18)24/h2-7,12,16,19,21H,8-10,13-15H2,1H3/t16-,19?,21?,31?/m0/s1. The molecule has 6 nitrogen and oxygen atoms in total. The second-order valence-electron chi connectivity index (χ2n) is 8.29. The summed E-state index contributed by atoms with van der Waals surface area (Å²) in [5.41, 5.74) is 1.55. The number of rotatable bonds is 6. The first kappa shape index (κ1) is 22.1. The van der Waals surface area contributed by atoms with Crippen molar-refractivity contribution in [3.05, 3.63) is 58.2 Å². The Bertz CT molecular complexity index is 980. The van der Waals surface area contributed by atoms with Gasteiger partial charge in [-0.3, -0.25) is 4.79 Å². The minimum absolute atomic E-state index is 0.0806. The third kappa shape index (κ3) is 4.89. The monoisotopic (exact) mass is 500 g/mol. The Kier molecular flexibility index (Phi) is 6.85. The van der Waals surface area contributed by atoms with E-state index in [4.69, 9.17) is 5.26 Å². The summed E-state index contributed by atoms with van der Waals surface area (Å²) in [6, 6.07) is 14.0. The molecule has 162 valence electrons. The molecule has 1 aromatic heterocycles. The molecule has 4 atom stereocenters. The van der Waals surface area contributed by atoms with Crippen LogP contribution in [0.3, 0.4) is 0 Å². The summed E-state index contributed by atoms with van der Waals surface area (Å²) in [5.74, 6) is 2.25. The first-order valence-corrected chi connectivity index (χ1v) is 12.7. The molecule has 0 spiro atoms. The second-order valence-corrected chi connectivity index (χ2v) is 10.7. The molecule has 1 aromatic carbocycles. The van der Waals surface area contributed by atoms with Crippen LogP contribution in [-0.2, 0) is 21.7 Å². The van der Waals surface area contributed by atoms with Crippen LogP contribution in [0.25, 0.3) is 0 Å². The molecule has 0 N–H and O–H groups in total. The van der Waals surface area contributed by atoms with Crippen LogP contribution >= 0.6 is 15.9 Å². The number of halogens is 1. The van der Waals surface area contributed by atoms with Crippen molar-refractivity contribution in [2.24, 2.45) is 5.92 Å². The molecule has 0 saturated carbocycles. The van der Waals surface area contributed by atoms with Gasteiger partial charge >= 0.3 is 0 Å². The number of nitriles is 1. The number of likely N-dealkylation sites (tertiary alicyclic amines) is 1. The molecule has 2 saturated heterocycles. The van der Waals surface area contributed by atoms with Crippen LogP contribution in [0.2, 0.25) is 0 Å².